The predicted octanol–water partition coefficient (Wildman–Crippen LogP) is 0.556. The predicted molar refractivity (Wildman–Crippen MR) is 41.9 cm³/mol. The third kappa shape index (κ3) is 1.53. The van der Waals surface area contributed by atoms with E-state index in [4.69, 9.17) is 0 Å². The van der Waals surface area contributed by atoms with E-state index in [9.17, 15) is 14.4 Å². The third-order valence-electron chi connectivity index (χ3n) is 1.37. The van der Waals surface area contributed by atoms with Crippen molar-refractivity contribution < 1.29 is 31.7 Å². The van der Waals surface area contributed by atoms with Gasteiger partial charge in [0, 0.05) is 33.0 Å². The van der Waals surface area contributed by atoms with Gasteiger partial charge < -0.3 is 0 Å². The summed E-state index contributed by atoms with van der Waals surface area (Å²) >= 11 is 0. The largest absolute Gasteiger partial charge is 0.233 e. The number of carbonyl (C=O) groups excluding carboxylic acids is 3. The summed E-state index contributed by atoms with van der Waals surface area (Å²) in [5.41, 5.74) is 0. The van der Waals surface area contributed by atoms with E-state index in [0.29, 0.717) is 6.42 Å². The Morgan fingerprint density at radius 2 is 1.83 bits per heavy atom. The minimum atomic E-state index is -2.43. The van der Waals surface area contributed by atoms with Crippen molar-refractivity contribution in [1.82, 2.24) is 0 Å². The molecule has 3 nitrogen and oxygen atoms in total. The van der Waals surface area contributed by atoms with Crippen LogP contribution in [0.3, 0.4) is 0 Å². The molecule has 1 aliphatic rings. The maximum absolute atomic E-state index is 10.3. The van der Waals surface area contributed by atoms with Crippen LogP contribution in [0.1, 0.15) is 6.42 Å². The van der Waals surface area contributed by atoms with Crippen molar-refractivity contribution in [3.8, 4) is 0 Å². The average Bonchev–Trinajstić information content (AvgIpc) is 2.47. The summed E-state index contributed by atoms with van der Waals surface area (Å²) in [6.45, 7) is 0. The first-order chi connectivity index (χ1) is 5.29. The van der Waals surface area contributed by atoms with Crippen LogP contribution in [-0.4, -0.2) is 16.4 Å². The monoisotopic (exact) mass is 220 g/mol. The SMILES string of the molecule is O=C=C1CC=CS1(=C=O)=C=O.[Cr]. The molecular formula is C7H4CrO3S. The molecule has 0 aromatic heterocycles. The molecule has 0 aromatic carbocycles. The Hall–Kier alpha value is -0.768. The molecular weight excluding hydrogens is 216 g/mol. The van der Waals surface area contributed by atoms with Gasteiger partial charge in [-0.1, -0.05) is 6.08 Å². The Kier molecular flexibility index (Phi) is 4.03. The standard InChI is InChI=1S/C7H4O3S.Cr/c8-4-7-2-1-3-11(7,5-9)6-10;/h1,3H,2H2;. The minimum Gasteiger partial charge on any atom is -0.233 e. The molecule has 0 amide bonds. The van der Waals surface area contributed by atoms with Crippen molar-refractivity contribution in [3.63, 3.8) is 0 Å². The van der Waals surface area contributed by atoms with Gasteiger partial charge in [-0.25, -0.2) is 14.4 Å². The molecule has 0 N–H and O–H groups in total. The maximum atomic E-state index is 10.3. The molecule has 12 heavy (non-hydrogen) atoms. The van der Waals surface area contributed by atoms with Crippen LogP contribution in [0.5, 0.6) is 0 Å². The van der Waals surface area contributed by atoms with Gasteiger partial charge in [-0.15, -0.1) is 0 Å². The summed E-state index contributed by atoms with van der Waals surface area (Å²) < 4.78 is 0. The molecule has 1 heterocycles. The Labute approximate surface area is 80.4 Å². The van der Waals surface area contributed by atoms with Crippen molar-refractivity contribution in [2.45, 2.75) is 6.42 Å². The van der Waals surface area contributed by atoms with Gasteiger partial charge in [0.25, 0.3) is 0 Å². The molecule has 1 aliphatic heterocycles. The van der Waals surface area contributed by atoms with Gasteiger partial charge in [0.05, 0.1) is 4.91 Å². The van der Waals surface area contributed by atoms with E-state index in [0.717, 1.165) is 0 Å². The second-order valence-corrected chi connectivity index (χ2v) is 4.35. The van der Waals surface area contributed by atoms with Crippen molar-refractivity contribution in [1.29, 1.82) is 0 Å². The zero-order chi connectivity index (χ0) is 8.32. The summed E-state index contributed by atoms with van der Waals surface area (Å²) in [7, 11) is -2.43. The molecule has 5 heteroatoms. The molecule has 0 spiro atoms. The van der Waals surface area contributed by atoms with Gasteiger partial charge >= 0.3 is 0 Å². The number of hydrogen-bond acceptors (Lipinski definition) is 3. The number of rotatable bonds is 0. The normalized spacial score (nSPS) is 17.2. The quantitative estimate of drug-likeness (QED) is 0.442. The minimum absolute atomic E-state index is 0. The van der Waals surface area contributed by atoms with Gasteiger partial charge in [-0.3, -0.25) is 0 Å². The molecule has 0 saturated heterocycles. The van der Waals surface area contributed by atoms with Gasteiger partial charge in [-0.05, 0) is 5.41 Å². The topological polar surface area (TPSA) is 51.2 Å². The molecule has 0 atom stereocenters. The summed E-state index contributed by atoms with van der Waals surface area (Å²) in [5, 5.41) is 4.50. The summed E-state index contributed by atoms with van der Waals surface area (Å²) in [5.74, 6) is 1.57. The molecule has 62 valence electrons. The molecule has 0 aromatic rings. The van der Waals surface area contributed by atoms with Crippen molar-refractivity contribution in [3.05, 3.63) is 16.4 Å². The Morgan fingerprint density at radius 3 is 2.17 bits per heavy atom. The maximum Gasteiger partial charge on any atom is 0.169 e. The van der Waals surface area contributed by atoms with Crippen LogP contribution < -0.4 is 0 Å². The first kappa shape index (κ1) is 11.2. The van der Waals surface area contributed by atoms with Crippen LogP contribution in [0.2, 0.25) is 0 Å². The fourth-order valence-corrected chi connectivity index (χ4v) is 2.18. The van der Waals surface area contributed by atoms with Gasteiger partial charge in [0.2, 0.25) is 0 Å². The molecule has 0 bridgehead atoms. The number of hydrogen-bond donors (Lipinski definition) is 0. The van der Waals surface area contributed by atoms with Crippen LogP contribution in [0.4, 0.5) is 0 Å². The molecule has 0 aliphatic carbocycles. The average molecular weight is 220 g/mol. The fourth-order valence-electron chi connectivity index (χ4n) is 0.794. The fraction of sp³-hybridized carbons (Fsp3) is 0.143. The Balaban J connectivity index is 0.00000121. The first-order valence-corrected chi connectivity index (χ1v) is 4.50. The van der Waals surface area contributed by atoms with Gasteiger partial charge in [0.1, 0.15) is 5.94 Å². The van der Waals surface area contributed by atoms with E-state index in [2.05, 4.69) is 0 Å². The molecule has 0 fully saturated rings. The molecule has 0 saturated carbocycles. The van der Waals surface area contributed by atoms with Crippen LogP contribution in [0.15, 0.2) is 16.4 Å². The summed E-state index contributed by atoms with van der Waals surface area (Å²) in [4.78, 5) is 31.0. The Bertz CT molecular complexity index is 404. The van der Waals surface area contributed by atoms with E-state index >= 15 is 0 Å². The molecule has 0 unspecified atom stereocenters. The van der Waals surface area contributed by atoms with Crippen molar-refractivity contribution >= 4 is 25.6 Å². The van der Waals surface area contributed by atoms with Crippen LogP contribution in [0, 0.1) is 0 Å². The van der Waals surface area contributed by atoms with Crippen LogP contribution in [-0.2, 0) is 31.7 Å². The second-order valence-electron chi connectivity index (χ2n) is 1.93. The van der Waals surface area contributed by atoms with Crippen LogP contribution >= 0.6 is 9.21 Å². The molecule has 0 radical (unpaired) electrons. The third-order valence-corrected chi connectivity index (χ3v) is 3.52. The second kappa shape index (κ2) is 4.31. The van der Waals surface area contributed by atoms with E-state index in [-0.39, 0.29) is 22.3 Å². The van der Waals surface area contributed by atoms with E-state index in [1.807, 2.05) is 0 Å². The smallest absolute Gasteiger partial charge is 0.169 e. The van der Waals surface area contributed by atoms with Crippen LogP contribution in [0.25, 0.3) is 0 Å². The van der Waals surface area contributed by atoms with E-state index < -0.39 is 9.21 Å². The number of allylic oxidation sites excluding steroid dienone is 2. The van der Waals surface area contributed by atoms with Crippen molar-refractivity contribution in [2.75, 3.05) is 0 Å². The zero-order valence-corrected chi connectivity index (χ0v) is 7.99. The molecule has 1 rings (SSSR count). The van der Waals surface area contributed by atoms with E-state index in [1.54, 1.807) is 22.5 Å². The van der Waals surface area contributed by atoms with Crippen molar-refractivity contribution in [2.24, 2.45) is 0 Å². The zero-order valence-electron chi connectivity index (χ0n) is 5.90. The first-order valence-electron chi connectivity index (χ1n) is 2.81. The van der Waals surface area contributed by atoms with E-state index in [1.165, 1.54) is 5.41 Å². The van der Waals surface area contributed by atoms with Gasteiger partial charge in [0.15, 0.2) is 10.5 Å². The van der Waals surface area contributed by atoms with Gasteiger partial charge in [-0.2, -0.15) is 0 Å². The Morgan fingerprint density at radius 1 is 1.25 bits per heavy atom. The summed E-state index contributed by atoms with van der Waals surface area (Å²) in [6, 6.07) is 0. The summed E-state index contributed by atoms with van der Waals surface area (Å²) in [6.07, 6.45) is 1.91.